The molecule has 2 atom stereocenters. The van der Waals surface area contributed by atoms with E-state index in [-0.39, 0.29) is 49.1 Å². The number of carbonyl (C=O) groups excluding carboxylic acids is 3. The van der Waals surface area contributed by atoms with E-state index in [1.54, 1.807) is 0 Å². The number of hydrogen-bond acceptors (Lipinski definition) is 4. The van der Waals surface area contributed by atoms with E-state index in [1.807, 2.05) is 12.2 Å². The molecule has 0 saturated carbocycles. The lowest BCUT2D eigenvalue weighted by atomic mass is 9.85. The van der Waals surface area contributed by atoms with E-state index < -0.39 is 0 Å². The smallest absolute Gasteiger partial charge is 0.233 e. The molecule has 1 heterocycles. The largest absolute Gasteiger partial charge is 0.395 e. The Bertz CT molecular complexity index is 407. The van der Waals surface area contributed by atoms with E-state index in [4.69, 9.17) is 5.11 Å². The molecule has 0 aromatic carbocycles. The van der Waals surface area contributed by atoms with Crippen molar-refractivity contribution in [3.63, 3.8) is 0 Å². The molecule has 1 aliphatic heterocycles. The summed E-state index contributed by atoms with van der Waals surface area (Å²) in [5.41, 5.74) is 0. The van der Waals surface area contributed by atoms with Gasteiger partial charge in [0.15, 0.2) is 0 Å². The Morgan fingerprint density at radius 3 is 2.40 bits per heavy atom. The lowest BCUT2D eigenvalue weighted by Crippen LogP contribution is -2.33. The Kier molecular flexibility index (Phi) is 4.89. The van der Waals surface area contributed by atoms with Crippen LogP contribution in [-0.4, -0.2) is 47.4 Å². The monoisotopic (exact) mass is 280 g/mol. The molecule has 1 fully saturated rings. The van der Waals surface area contributed by atoms with Gasteiger partial charge in [-0.25, -0.2) is 0 Å². The second-order valence-electron chi connectivity index (χ2n) is 5.16. The highest BCUT2D eigenvalue weighted by Crippen LogP contribution is 2.34. The molecular formula is C14H20N2O4. The lowest BCUT2D eigenvalue weighted by molar-refractivity contribution is -0.140. The van der Waals surface area contributed by atoms with Gasteiger partial charge in [-0.2, -0.15) is 0 Å². The first kappa shape index (κ1) is 14.7. The molecule has 20 heavy (non-hydrogen) atoms. The molecule has 3 amide bonds. The predicted octanol–water partition coefficient (Wildman–Crippen LogP) is -0.174. The summed E-state index contributed by atoms with van der Waals surface area (Å²) < 4.78 is 0. The third-order valence-corrected chi connectivity index (χ3v) is 3.82. The minimum Gasteiger partial charge on any atom is -0.395 e. The zero-order chi connectivity index (χ0) is 14.5. The van der Waals surface area contributed by atoms with Crippen molar-refractivity contribution >= 4 is 17.7 Å². The first-order valence-electron chi connectivity index (χ1n) is 7.03. The van der Waals surface area contributed by atoms with Crippen molar-refractivity contribution in [1.29, 1.82) is 0 Å². The van der Waals surface area contributed by atoms with Crippen LogP contribution in [0.4, 0.5) is 0 Å². The van der Waals surface area contributed by atoms with E-state index in [1.165, 1.54) is 4.90 Å². The summed E-state index contributed by atoms with van der Waals surface area (Å²) in [5.74, 6) is -0.760. The van der Waals surface area contributed by atoms with Crippen molar-refractivity contribution < 1.29 is 19.5 Å². The third kappa shape index (κ3) is 3.07. The van der Waals surface area contributed by atoms with Crippen LogP contribution in [0.5, 0.6) is 0 Å². The third-order valence-electron chi connectivity index (χ3n) is 3.82. The second-order valence-corrected chi connectivity index (χ2v) is 5.16. The van der Waals surface area contributed by atoms with Gasteiger partial charge in [0.1, 0.15) is 0 Å². The van der Waals surface area contributed by atoms with Gasteiger partial charge >= 0.3 is 0 Å². The van der Waals surface area contributed by atoms with Crippen molar-refractivity contribution in [3.05, 3.63) is 12.2 Å². The Balaban J connectivity index is 1.80. The average Bonchev–Trinajstić information content (AvgIpc) is 2.70. The summed E-state index contributed by atoms with van der Waals surface area (Å²) in [6.45, 7) is 0.443. The van der Waals surface area contributed by atoms with Gasteiger partial charge in [0.05, 0.1) is 18.4 Å². The maximum absolute atomic E-state index is 12.1. The van der Waals surface area contributed by atoms with Gasteiger partial charge in [0.2, 0.25) is 17.7 Å². The zero-order valence-corrected chi connectivity index (χ0v) is 11.4. The van der Waals surface area contributed by atoms with Gasteiger partial charge in [-0.3, -0.25) is 19.3 Å². The Hall–Kier alpha value is -1.69. The van der Waals surface area contributed by atoms with Crippen LogP contribution in [0.25, 0.3) is 0 Å². The molecule has 1 saturated heterocycles. The Morgan fingerprint density at radius 1 is 1.25 bits per heavy atom. The lowest BCUT2D eigenvalue weighted by Gasteiger charge is -2.14. The van der Waals surface area contributed by atoms with Crippen LogP contribution in [-0.2, 0) is 14.4 Å². The highest BCUT2D eigenvalue weighted by atomic mass is 16.3. The highest BCUT2D eigenvalue weighted by Gasteiger charge is 2.46. The van der Waals surface area contributed by atoms with Crippen molar-refractivity contribution in [2.75, 3.05) is 19.7 Å². The van der Waals surface area contributed by atoms with Crippen LogP contribution >= 0.6 is 0 Å². The molecule has 0 radical (unpaired) electrons. The van der Waals surface area contributed by atoms with Crippen LogP contribution in [0.1, 0.15) is 25.7 Å². The fourth-order valence-electron chi connectivity index (χ4n) is 2.77. The molecule has 0 bridgehead atoms. The number of imide groups is 1. The predicted molar refractivity (Wildman–Crippen MR) is 71.4 cm³/mol. The standard InChI is InChI=1S/C14H20N2O4/c17-9-7-15-12(18)6-3-8-16-13(19)10-4-1-2-5-11(10)14(16)20/h1-2,10-11,17H,3-9H2,(H,15,18)/t10-,11-/m1/s1. The summed E-state index contributed by atoms with van der Waals surface area (Å²) in [5, 5.41) is 11.1. The number of aliphatic hydroxyl groups is 1. The highest BCUT2D eigenvalue weighted by molar-refractivity contribution is 6.05. The molecule has 6 nitrogen and oxygen atoms in total. The van der Waals surface area contributed by atoms with Crippen LogP contribution in [0.3, 0.4) is 0 Å². The average molecular weight is 280 g/mol. The molecule has 1 aliphatic carbocycles. The summed E-state index contributed by atoms with van der Waals surface area (Å²) in [6.07, 6.45) is 5.91. The number of likely N-dealkylation sites (tertiary alicyclic amines) is 1. The molecule has 2 N–H and O–H groups in total. The van der Waals surface area contributed by atoms with E-state index in [2.05, 4.69) is 5.32 Å². The summed E-state index contributed by atoms with van der Waals surface area (Å²) >= 11 is 0. The van der Waals surface area contributed by atoms with Gasteiger partial charge in [-0.15, -0.1) is 0 Å². The van der Waals surface area contributed by atoms with Crippen LogP contribution in [0.2, 0.25) is 0 Å². The van der Waals surface area contributed by atoms with Gasteiger partial charge in [0.25, 0.3) is 0 Å². The van der Waals surface area contributed by atoms with E-state index >= 15 is 0 Å². The quantitative estimate of drug-likeness (QED) is 0.522. The number of fused-ring (bicyclic) bond motifs is 1. The minimum atomic E-state index is -0.198. The fraction of sp³-hybridized carbons (Fsp3) is 0.643. The molecule has 0 unspecified atom stereocenters. The van der Waals surface area contributed by atoms with Crippen LogP contribution < -0.4 is 5.32 Å². The number of nitrogens with one attached hydrogen (secondary N) is 1. The Morgan fingerprint density at radius 2 is 1.85 bits per heavy atom. The topological polar surface area (TPSA) is 86.7 Å². The van der Waals surface area contributed by atoms with E-state index in [9.17, 15) is 14.4 Å². The van der Waals surface area contributed by atoms with Gasteiger partial charge in [-0.1, -0.05) is 12.2 Å². The van der Waals surface area contributed by atoms with Crippen LogP contribution in [0, 0.1) is 11.8 Å². The van der Waals surface area contributed by atoms with Crippen molar-refractivity contribution in [2.24, 2.45) is 11.8 Å². The number of allylic oxidation sites excluding steroid dienone is 2. The van der Waals surface area contributed by atoms with Crippen LogP contribution in [0.15, 0.2) is 12.2 Å². The SMILES string of the molecule is O=C(CCCN1C(=O)[C@@H]2CC=CC[C@H]2C1=O)NCCO. The Labute approximate surface area is 117 Å². The first-order valence-corrected chi connectivity index (χ1v) is 7.03. The van der Waals surface area contributed by atoms with Crippen molar-refractivity contribution in [1.82, 2.24) is 10.2 Å². The molecule has 2 aliphatic rings. The minimum absolute atomic E-state index is 0.0921. The summed E-state index contributed by atoms with van der Waals surface area (Å²) in [6, 6.07) is 0. The molecular weight excluding hydrogens is 260 g/mol. The molecule has 6 heteroatoms. The van der Waals surface area contributed by atoms with E-state index in [0.717, 1.165) is 0 Å². The number of hydrogen-bond donors (Lipinski definition) is 2. The summed E-state index contributed by atoms with van der Waals surface area (Å²) in [4.78, 5) is 36.9. The number of nitrogens with zero attached hydrogens (tertiary/aromatic N) is 1. The molecule has 0 aromatic rings. The van der Waals surface area contributed by atoms with Gasteiger partial charge in [-0.05, 0) is 19.3 Å². The normalized spacial score (nSPS) is 24.9. The molecule has 0 aromatic heterocycles. The number of rotatable bonds is 6. The van der Waals surface area contributed by atoms with Gasteiger partial charge in [0, 0.05) is 19.5 Å². The van der Waals surface area contributed by atoms with Gasteiger partial charge < -0.3 is 10.4 Å². The second kappa shape index (κ2) is 6.65. The molecule has 0 spiro atoms. The molecule has 2 rings (SSSR count). The maximum Gasteiger partial charge on any atom is 0.233 e. The fourth-order valence-corrected chi connectivity index (χ4v) is 2.77. The number of carbonyl (C=O) groups is 3. The van der Waals surface area contributed by atoms with Crippen molar-refractivity contribution in [3.8, 4) is 0 Å². The first-order chi connectivity index (χ1) is 9.65. The molecule has 110 valence electrons. The van der Waals surface area contributed by atoms with Crippen molar-refractivity contribution in [2.45, 2.75) is 25.7 Å². The van der Waals surface area contributed by atoms with E-state index in [0.29, 0.717) is 25.8 Å². The summed E-state index contributed by atoms with van der Waals surface area (Å²) in [7, 11) is 0. The maximum atomic E-state index is 12.1. The number of aliphatic hydroxyl groups excluding tert-OH is 1. The number of amides is 3. The zero-order valence-electron chi connectivity index (χ0n) is 11.4.